The van der Waals surface area contributed by atoms with Crippen LogP contribution in [0.2, 0.25) is 0 Å². The van der Waals surface area contributed by atoms with E-state index in [1.807, 2.05) is 28.6 Å². The van der Waals surface area contributed by atoms with Gasteiger partial charge < -0.3 is 5.32 Å². The number of hydrogen-bond donors (Lipinski definition) is 1. The highest BCUT2D eigenvalue weighted by Crippen LogP contribution is 2.30. The molecule has 0 radical (unpaired) electrons. The highest BCUT2D eigenvalue weighted by atomic mass is 79.9. The van der Waals surface area contributed by atoms with Crippen molar-refractivity contribution in [2.45, 2.75) is 12.2 Å². The molecule has 94 valence electrons. The number of aromatic nitrogens is 2. The average molecular weight is 324 g/mol. The Hall–Kier alpha value is -0.940. The summed E-state index contributed by atoms with van der Waals surface area (Å²) in [5.74, 6) is 2.15. The maximum absolute atomic E-state index is 4.74. The first kappa shape index (κ1) is 12.1. The maximum Gasteiger partial charge on any atom is 0.133 e. The Balaban J connectivity index is 2.07. The molecule has 0 amide bonds. The number of anilines is 1. The van der Waals surface area contributed by atoms with Gasteiger partial charge in [0.05, 0.1) is 11.4 Å². The summed E-state index contributed by atoms with van der Waals surface area (Å²) in [4.78, 5) is 0. The van der Waals surface area contributed by atoms with Gasteiger partial charge in [0.2, 0.25) is 0 Å². The third-order valence-corrected chi connectivity index (χ3v) is 4.18. The molecule has 0 unspecified atom stereocenters. The van der Waals surface area contributed by atoms with Crippen molar-refractivity contribution < 1.29 is 0 Å². The molecule has 0 aliphatic carbocycles. The molecule has 0 saturated carbocycles. The van der Waals surface area contributed by atoms with E-state index in [0.717, 1.165) is 28.9 Å². The van der Waals surface area contributed by atoms with Crippen LogP contribution in [0, 0.1) is 0 Å². The van der Waals surface area contributed by atoms with E-state index in [1.165, 1.54) is 17.1 Å². The molecule has 0 bridgehead atoms. The van der Waals surface area contributed by atoms with Crippen LogP contribution in [0.5, 0.6) is 0 Å². The predicted molar refractivity (Wildman–Crippen MR) is 80.7 cm³/mol. The van der Waals surface area contributed by atoms with Crippen molar-refractivity contribution in [3.05, 3.63) is 40.0 Å². The molecule has 5 heteroatoms. The number of rotatable bonds is 3. The number of hydrogen-bond acceptors (Lipinski definition) is 3. The second-order valence-electron chi connectivity index (χ2n) is 4.27. The van der Waals surface area contributed by atoms with Crippen LogP contribution < -0.4 is 5.32 Å². The molecule has 1 N–H and O–H groups in total. The van der Waals surface area contributed by atoms with Gasteiger partial charge in [-0.15, -0.1) is 0 Å². The molecule has 0 saturated heterocycles. The fourth-order valence-electron chi connectivity index (χ4n) is 2.27. The Labute approximate surface area is 119 Å². The highest BCUT2D eigenvalue weighted by molar-refractivity contribution is 9.10. The Morgan fingerprint density at radius 1 is 1.39 bits per heavy atom. The Kier molecular flexibility index (Phi) is 3.35. The lowest BCUT2D eigenvalue weighted by atomic mass is 10.2. The molecule has 0 fully saturated rings. The van der Waals surface area contributed by atoms with E-state index in [1.54, 1.807) is 0 Å². The minimum atomic E-state index is 0.980. The van der Waals surface area contributed by atoms with Gasteiger partial charge in [0.1, 0.15) is 5.82 Å². The smallest absolute Gasteiger partial charge is 0.133 e. The molecule has 0 spiro atoms. The van der Waals surface area contributed by atoms with E-state index in [9.17, 15) is 0 Å². The molecule has 1 aliphatic rings. The summed E-state index contributed by atoms with van der Waals surface area (Å²) in [6, 6.07) is 8.26. The average Bonchev–Trinajstić information content (AvgIpc) is 2.95. The van der Waals surface area contributed by atoms with Gasteiger partial charge in [0, 0.05) is 22.3 Å². The molecular formula is C13H14BrN3S. The van der Waals surface area contributed by atoms with Crippen molar-refractivity contribution in [2.75, 3.05) is 18.1 Å². The quantitative estimate of drug-likeness (QED) is 0.938. The number of benzene rings is 1. The van der Waals surface area contributed by atoms with Crippen LogP contribution in [0.15, 0.2) is 28.7 Å². The van der Waals surface area contributed by atoms with Gasteiger partial charge in [-0.05, 0) is 36.9 Å². The molecule has 3 nitrogen and oxygen atoms in total. The minimum absolute atomic E-state index is 0.980. The minimum Gasteiger partial charge on any atom is -0.369 e. The van der Waals surface area contributed by atoms with Gasteiger partial charge in [-0.3, -0.25) is 0 Å². The summed E-state index contributed by atoms with van der Waals surface area (Å²) in [7, 11) is 0. The van der Waals surface area contributed by atoms with E-state index in [-0.39, 0.29) is 0 Å². The van der Waals surface area contributed by atoms with Crippen LogP contribution in [0.1, 0.15) is 11.3 Å². The van der Waals surface area contributed by atoms with Gasteiger partial charge in [0.25, 0.3) is 0 Å². The third kappa shape index (κ3) is 2.06. The summed E-state index contributed by atoms with van der Waals surface area (Å²) < 4.78 is 3.12. The van der Waals surface area contributed by atoms with Gasteiger partial charge in [-0.2, -0.15) is 16.9 Å². The molecule has 1 aromatic heterocycles. The van der Waals surface area contributed by atoms with Crippen LogP contribution in [-0.4, -0.2) is 22.6 Å². The van der Waals surface area contributed by atoms with E-state index in [4.69, 9.17) is 5.10 Å². The fourth-order valence-corrected chi connectivity index (χ4v) is 3.04. The number of fused-ring (bicyclic) bond motifs is 1. The Bertz CT molecular complexity index is 562. The first-order valence-electron chi connectivity index (χ1n) is 5.89. The highest BCUT2D eigenvalue weighted by Gasteiger charge is 2.22. The molecule has 18 heavy (non-hydrogen) atoms. The zero-order chi connectivity index (χ0) is 12.5. The van der Waals surface area contributed by atoms with E-state index >= 15 is 0 Å². The Morgan fingerprint density at radius 3 is 2.89 bits per heavy atom. The molecule has 2 heterocycles. The summed E-state index contributed by atoms with van der Waals surface area (Å²) in [6.07, 6.45) is 3.20. The van der Waals surface area contributed by atoms with Gasteiger partial charge in [0.15, 0.2) is 0 Å². The maximum atomic E-state index is 4.74. The summed E-state index contributed by atoms with van der Waals surface area (Å²) in [6.45, 7) is 1.02. The third-order valence-electron chi connectivity index (χ3n) is 3.09. The van der Waals surface area contributed by atoms with E-state index in [0.29, 0.717) is 0 Å². The number of halogens is 1. The van der Waals surface area contributed by atoms with Crippen LogP contribution >= 0.6 is 27.7 Å². The topological polar surface area (TPSA) is 29.9 Å². The zero-order valence-corrected chi connectivity index (χ0v) is 12.5. The number of nitrogens with zero attached hydrogens (tertiary/aromatic N) is 2. The van der Waals surface area contributed by atoms with E-state index < -0.39 is 0 Å². The lowest BCUT2D eigenvalue weighted by Crippen LogP contribution is -2.04. The summed E-state index contributed by atoms with van der Waals surface area (Å²) in [5.41, 5.74) is 3.70. The first-order chi connectivity index (χ1) is 8.79. The summed E-state index contributed by atoms with van der Waals surface area (Å²) in [5, 5.41) is 8.18. The predicted octanol–water partition coefficient (Wildman–Crippen LogP) is 3.47. The SMILES string of the molecule is CSCc1nn(-c2ccc(Br)cc2)c2c1CCN2. The van der Waals surface area contributed by atoms with Crippen molar-refractivity contribution in [1.82, 2.24) is 9.78 Å². The molecule has 0 atom stereocenters. The van der Waals surface area contributed by atoms with E-state index in [2.05, 4.69) is 39.6 Å². The number of nitrogens with one attached hydrogen (secondary N) is 1. The van der Waals surface area contributed by atoms with Crippen molar-refractivity contribution in [3.8, 4) is 5.69 Å². The fraction of sp³-hybridized carbons (Fsp3) is 0.308. The second kappa shape index (κ2) is 4.97. The molecular weight excluding hydrogens is 310 g/mol. The zero-order valence-electron chi connectivity index (χ0n) is 10.1. The van der Waals surface area contributed by atoms with Gasteiger partial charge >= 0.3 is 0 Å². The lowest BCUT2D eigenvalue weighted by molar-refractivity contribution is 0.853. The molecule has 3 rings (SSSR count). The van der Waals surface area contributed by atoms with Gasteiger partial charge in [-0.1, -0.05) is 15.9 Å². The van der Waals surface area contributed by atoms with Crippen molar-refractivity contribution in [3.63, 3.8) is 0 Å². The first-order valence-corrected chi connectivity index (χ1v) is 8.08. The standard InChI is InChI=1S/C13H14BrN3S/c1-18-8-12-11-6-7-15-13(11)17(16-12)10-4-2-9(14)3-5-10/h2-5,15H,6-8H2,1H3. The van der Waals surface area contributed by atoms with Crippen LogP contribution in [0.4, 0.5) is 5.82 Å². The van der Waals surface area contributed by atoms with Crippen molar-refractivity contribution in [1.29, 1.82) is 0 Å². The monoisotopic (exact) mass is 323 g/mol. The number of thioether (sulfide) groups is 1. The van der Waals surface area contributed by atoms with Gasteiger partial charge in [-0.25, -0.2) is 4.68 Å². The largest absolute Gasteiger partial charge is 0.369 e. The van der Waals surface area contributed by atoms with Crippen LogP contribution in [0.3, 0.4) is 0 Å². The van der Waals surface area contributed by atoms with Crippen LogP contribution in [0.25, 0.3) is 5.69 Å². The Morgan fingerprint density at radius 2 is 2.17 bits per heavy atom. The molecule has 1 aliphatic heterocycles. The molecule has 1 aromatic carbocycles. The second-order valence-corrected chi connectivity index (χ2v) is 6.05. The molecule has 2 aromatic rings. The van der Waals surface area contributed by atoms with Crippen molar-refractivity contribution >= 4 is 33.5 Å². The van der Waals surface area contributed by atoms with Crippen LogP contribution in [-0.2, 0) is 12.2 Å². The lowest BCUT2D eigenvalue weighted by Gasteiger charge is -2.06. The normalized spacial score (nSPS) is 13.4. The van der Waals surface area contributed by atoms with Crippen molar-refractivity contribution in [2.24, 2.45) is 0 Å². The summed E-state index contributed by atoms with van der Waals surface area (Å²) >= 11 is 5.28.